The summed E-state index contributed by atoms with van der Waals surface area (Å²) in [5.74, 6) is 2.32. The van der Waals surface area contributed by atoms with Crippen molar-refractivity contribution in [2.45, 2.75) is 13.0 Å². The van der Waals surface area contributed by atoms with E-state index in [1.807, 2.05) is 28.8 Å². The number of benzene rings is 2. The highest BCUT2D eigenvalue weighted by Gasteiger charge is 2.23. The van der Waals surface area contributed by atoms with Gasteiger partial charge in [-0.15, -0.1) is 0 Å². The van der Waals surface area contributed by atoms with E-state index in [0.717, 1.165) is 22.2 Å². The Hall–Kier alpha value is -3.06. The molecule has 1 aliphatic heterocycles. The van der Waals surface area contributed by atoms with E-state index < -0.39 is 0 Å². The molecule has 0 saturated heterocycles. The monoisotopic (exact) mass is 430 g/mol. The molecule has 0 bridgehead atoms. The lowest BCUT2D eigenvalue weighted by molar-refractivity contribution is 0.0943. The number of amides is 1. The van der Waals surface area contributed by atoms with Gasteiger partial charge in [0, 0.05) is 17.5 Å². The molecule has 0 fully saturated rings. The third kappa shape index (κ3) is 3.39. The van der Waals surface area contributed by atoms with E-state index in [-0.39, 0.29) is 5.91 Å². The Morgan fingerprint density at radius 1 is 1.13 bits per heavy atom. The fourth-order valence-corrected chi connectivity index (χ4v) is 4.07. The number of hydrogen-bond acceptors (Lipinski definition) is 5. The van der Waals surface area contributed by atoms with Crippen molar-refractivity contribution in [1.29, 1.82) is 0 Å². The zero-order valence-electron chi connectivity index (χ0n) is 17.1. The molecule has 2 heterocycles. The third-order valence-corrected chi connectivity index (χ3v) is 5.57. The molecule has 30 heavy (non-hydrogen) atoms. The van der Waals surface area contributed by atoms with Crippen LogP contribution in [0.3, 0.4) is 0 Å². The minimum absolute atomic E-state index is 0.158. The van der Waals surface area contributed by atoms with Crippen LogP contribution in [0.4, 0.5) is 0 Å². The second-order valence-electron chi connectivity index (χ2n) is 6.84. The Balaban J connectivity index is 1.53. The van der Waals surface area contributed by atoms with Crippen molar-refractivity contribution < 1.29 is 23.7 Å². The Morgan fingerprint density at radius 2 is 1.93 bits per heavy atom. The molecule has 1 aliphatic rings. The van der Waals surface area contributed by atoms with Crippen molar-refractivity contribution in [3.05, 3.63) is 46.6 Å². The highest BCUT2D eigenvalue weighted by atomic mass is 35.5. The van der Waals surface area contributed by atoms with Gasteiger partial charge in [-0.1, -0.05) is 17.7 Å². The molecule has 1 N–H and O–H groups in total. The molecule has 3 aromatic rings. The summed E-state index contributed by atoms with van der Waals surface area (Å²) >= 11 is 6.33. The van der Waals surface area contributed by atoms with Gasteiger partial charge in [-0.3, -0.25) is 4.79 Å². The summed E-state index contributed by atoms with van der Waals surface area (Å²) < 4.78 is 23.9. The van der Waals surface area contributed by atoms with Crippen LogP contribution in [0.25, 0.3) is 10.9 Å². The smallest absolute Gasteiger partial charge is 0.267 e. The third-order valence-electron chi connectivity index (χ3n) is 5.24. The second-order valence-corrected chi connectivity index (χ2v) is 7.24. The summed E-state index contributed by atoms with van der Waals surface area (Å²) in [6.07, 6.45) is 0.574. The number of carbonyl (C=O) groups excluding carboxylic acids is 1. The van der Waals surface area contributed by atoms with Crippen LogP contribution in [0.2, 0.25) is 5.02 Å². The molecule has 0 spiro atoms. The van der Waals surface area contributed by atoms with Gasteiger partial charge in [0.2, 0.25) is 5.75 Å². The highest BCUT2D eigenvalue weighted by Crippen LogP contribution is 2.40. The fraction of sp³-hybridized carbons (Fsp3) is 0.318. The van der Waals surface area contributed by atoms with Crippen LogP contribution in [0.1, 0.15) is 16.1 Å². The standard InChI is InChI=1S/C22H23ClN2O5/c1-27-18-6-4-13(20(28-2)21(18)29-3)8-9-24-22(26)16-12-14-15(23)5-7-17-19(14)25(16)10-11-30-17/h4-7,12H,8-11H2,1-3H3,(H,24,26). The molecule has 1 aromatic heterocycles. The predicted molar refractivity (Wildman–Crippen MR) is 115 cm³/mol. The molecule has 0 unspecified atom stereocenters. The molecular weight excluding hydrogens is 408 g/mol. The van der Waals surface area contributed by atoms with Crippen LogP contribution in [0, 0.1) is 0 Å². The SMILES string of the molecule is COc1ccc(CCNC(=O)c2cc3c(Cl)ccc4c3n2CCO4)c(OC)c1OC. The van der Waals surface area contributed by atoms with Crippen LogP contribution in [-0.4, -0.2) is 45.0 Å². The van der Waals surface area contributed by atoms with E-state index in [1.165, 1.54) is 0 Å². The van der Waals surface area contributed by atoms with Crippen LogP contribution < -0.4 is 24.3 Å². The number of hydrogen-bond donors (Lipinski definition) is 1. The summed E-state index contributed by atoms with van der Waals surface area (Å²) in [5.41, 5.74) is 2.35. The summed E-state index contributed by atoms with van der Waals surface area (Å²) in [6, 6.07) is 9.18. The average Bonchev–Trinajstić information content (AvgIpc) is 3.17. The quantitative estimate of drug-likeness (QED) is 0.619. The van der Waals surface area contributed by atoms with E-state index in [2.05, 4.69) is 5.32 Å². The molecule has 0 radical (unpaired) electrons. The molecule has 7 nitrogen and oxygen atoms in total. The van der Waals surface area contributed by atoms with Gasteiger partial charge in [0.25, 0.3) is 5.91 Å². The van der Waals surface area contributed by atoms with Crippen molar-refractivity contribution >= 4 is 28.4 Å². The summed E-state index contributed by atoms with van der Waals surface area (Å²) in [4.78, 5) is 12.9. The first-order chi connectivity index (χ1) is 14.6. The number of nitrogens with one attached hydrogen (secondary N) is 1. The number of nitrogens with zero attached hydrogens (tertiary/aromatic N) is 1. The lowest BCUT2D eigenvalue weighted by Crippen LogP contribution is -2.29. The van der Waals surface area contributed by atoms with Gasteiger partial charge in [0.1, 0.15) is 18.1 Å². The molecule has 2 aromatic carbocycles. The molecule has 0 aliphatic carbocycles. The Kier molecular flexibility index (Phi) is 5.63. The van der Waals surface area contributed by atoms with E-state index in [0.29, 0.717) is 54.1 Å². The van der Waals surface area contributed by atoms with E-state index in [1.54, 1.807) is 27.4 Å². The van der Waals surface area contributed by atoms with Crippen molar-refractivity contribution in [3.63, 3.8) is 0 Å². The van der Waals surface area contributed by atoms with Crippen molar-refractivity contribution in [3.8, 4) is 23.0 Å². The number of carbonyl (C=O) groups is 1. The Labute approximate surface area is 179 Å². The number of rotatable bonds is 7. The van der Waals surface area contributed by atoms with Crippen molar-refractivity contribution in [1.82, 2.24) is 9.88 Å². The van der Waals surface area contributed by atoms with Crippen molar-refractivity contribution in [2.75, 3.05) is 34.5 Å². The topological polar surface area (TPSA) is 71.0 Å². The minimum Gasteiger partial charge on any atom is -0.493 e. The molecule has 0 atom stereocenters. The van der Waals surface area contributed by atoms with E-state index >= 15 is 0 Å². The van der Waals surface area contributed by atoms with Crippen LogP contribution >= 0.6 is 11.6 Å². The average molecular weight is 431 g/mol. The van der Waals surface area contributed by atoms with Crippen LogP contribution in [-0.2, 0) is 13.0 Å². The number of aromatic nitrogens is 1. The maximum Gasteiger partial charge on any atom is 0.267 e. The largest absolute Gasteiger partial charge is 0.493 e. The highest BCUT2D eigenvalue weighted by molar-refractivity contribution is 6.36. The summed E-state index contributed by atoms with van der Waals surface area (Å²) in [5, 5.41) is 4.41. The van der Waals surface area contributed by atoms with Gasteiger partial charge >= 0.3 is 0 Å². The minimum atomic E-state index is -0.158. The number of halogens is 1. The maximum atomic E-state index is 12.9. The summed E-state index contributed by atoms with van der Waals surface area (Å²) in [7, 11) is 4.73. The maximum absolute atomic E-state index is 12.9. The molecular formula is C22H23ClN2O5. The molecule has 0 saturated carbocycles. The fourth-order valence-electron chi connectivity index (χ4n) is 3.86. The molecule has 4 rings (SSSR count). The van der Waals surface area contributed by atoms with Gasteiger partial charge in [-0.05, 0) is 30.7 Å². The van der Waals surface area contributed by atoms with Gasteiger partial charge in [-0.2, -0.15) is 0 Å². The molecule has 1 amide bonds. The van der Waals surface area contributed by atoms with Gasteiger partial charge in [0.05, 0.1) is 38.4 Å². The van der Waals surface area contributed by atoms with E-state index in [4.69, 9.17) is 30.5 Å². The van der Waals surface area contributed by atoms with Crippen molar-refractivity contribution in [2.24, 2.45) is 0 Å². The first-order valence-corrected chi connectivity index (χ1v) is 9.97. The Bertz CT molecular complexity index is 1110. The van der Waals surface area contributed by atoms with Gasteiger partial charge in [0.15, 0.2) is 11.5 Å². The first kappa shape index (κ1) is 20.2. The first-order valence-electron chi connectivity index (χ1n) is 9.59. The number of methoxy groups -OCH3 is 3. The molecule has 8 heteroatoms. The zero-order valence-corrected chi connectivity index (χ0v) is 17.8. The summed E-state index contributed by atoms with van der Waals surface area (Å²) in [6.45, 7) is 1.55. The zero-order chi connectivity index (χ0) is 21.3. The van der Waals surface area contributed by atoms with Crippen LogP contribution in [0.15, 0.2) is 30.3 Å². The predicted octanol–water partition coefficient (Wildman–Crippen LogP) is 3.69. The Morgan fingerprint density at radius 3 is 2.67 bits per heavy atom. The normalized spacial score (nSPS) is 12.4. The lowest BCUT2D eigenvalue weighted by Gasteiger charge is -2.19. The number of ether oxygens (including phenoxy) is 4. The lowest BCUT2D eigenvalue weighted by atomic mass is 10.1. The van der Waals surface area contributed by atoms with Gasteiger partial charge < -0.3 is 28.8 Å². The van der Waals surface area contributed by atoms with Crippen LogP contribution in [0.5, 0.6) is 23.0 Å². The molecule has 158 valence electrons. The van der Waals surface area contributed by atoms with E-state index in [9.17, 15) is 4.79 Å². The second kappa shape index (κ2) is 8.36. The van der Waals surface area contributed by atoms with Gasteiger partial charge in [-0.25, -0.2) is 0 Å².